The van der Waals surface area contributed by atoms with Crippen molar-refractivity contribution in [2.45, 2.75) is 54.4 Å². The van der Waals surface area contributed by atoms with E-state index in [4.69, 9.17) is 21.1 Å². The molecule has 0 saturated heterocycles. The minimum Gasteiger partial charge on any atom is -0.397 e. The summed E-state index contributed by atoms with van der Waals surface area (Å²) in [7, 11) is 0. The van der Waals surface area contributed by atoms with E-state index in [1.807, 2.05) is 50.2 Å². The lowest BCUT2D eigenvalue weighted by atomic mass is 9.95. The van der Waals surface area contributed by atoms with Crippen LogP contribution in [0, 0.1) is 26.2 Å². The van der Waals surface area contributed by atoms with Gasteiger partial charge >= 0.3 is 0 Å². The Bertz CT molecular complexity index is 1470. The van der Waals surface area contributed by atoms with Crippen molar-refractivity contribution in [2.75, 3.05) is 0 Å². The summed E-state index contributed by atoms with van der Waals surface area (Å²) in [6.07, 6.45) is 1.52. The second-order valence-corrected chi connectivity index (χ2v) is 9.19. The molecule has 0 unspecified atom stereocenters. The van der Waals surface area contributed by atoms with Crippen LogP contribution >= 0.6 is 0 Å². The average molecular weight is 479 g/mol. The van der Waals surface area contributed by atoms with Crippen LogP contribution in [0.3, 0.4) is 0 Å². The Morgan fingerprint density at radius 1 is 0.889 bits per heavy atom. The molecule has 184 valence electrons. The number of aryl methyl sites for hydroxylation is 3. The Morgan fingerprint density at radius 3 is 2.11 bits per heavy atom. The predicted octanol–water partition coefficient (Wildman–Crippen LogP) is 6.81. The first kappa shape index (κ1) is 25.0. The molecular formula is C30H34N6. The van der Waals surface area contributed by atoms with E-state index in [0.29, 0.717) is 23.5 Å². The highest BCUT2D eigenvalue weighted by atomic mass is 15.1. The molecule has 0 aliphatic carbocycles. The summed E-state index contributed by atoms with van der Waals surface area (Å²) in [6, 6.07) is 16.3. The SMILES string of the molecule is CCC(=N)/C(C)=C(\N)c1cccc(-c2cc(-c3cccc(-c4[nH]nc(CC)c4C)n3)c(C)cc2C)n1. The quantitative estimate of drug-likeness (QED) is 0.254. The van der Waals surface area contributed by atoms with E-state index >= 15 is 0 Å². The number of nitrogens with one attached hydrogen (secondary N) is 2. The van der Waals surface area contributed by atoms with Crippen LogP contribution in [-0.2, 0) is 6.42 Å². The second kappa shape index (κ2) is 10.3. The normalized spacial score (nSPS) is 11.9. The van der Waals surface area contributed by atoms with Crippen LogP contribution in [0.2, 0.25) is 0 Å². The molecule has 0 amide bonds. The molecule has 0 aliphatic rings. The van der Waals surface area contributed by atoms with Crippen molar-refractivity contribution in [3.05, 3.63) is 82.2 Å². The fraction of sp³-hybridized carbons (Fsp3) is 0.267. The van der Waals surface area contributed by atoms with E-state index in [0.717, 1.165) is 68.3 Å². The van der Waals surface area contributed by atoms with Crippen LogP contribution in [0.4, 0.5) is 0 Å². The third-order valence-corrected chi connectivity index (χ3v) is 6.81. The van der Waals surface area contributed by atoms with E-state index in [9.17, 15) is 0 Å². The van der Waals surface area contributed by atoms with Gasteiger partial charge in [0.25, 0.3) is 0 Å². The van der Waals surface area contributed by atoms with Crippen molar-refractivity contribution in [1.29, 1.82) is 5.41 Å². The lowest BCUT2D eigenvalue weighted by molar-refractivity contribution is 0.969. The van der Waals surface area contributed by atoms with Crippen molar-refractivity contribution >= 4 is 11.4 Å². The number of aromatic amines is 1. The molecule has 0 fully saturated rings. The molecule has 0 saturated carbocycles. The number of nitrogens with zero attached hydrogens (tertiary/aromatic N) is 3. The highest BCUT2D eigenvalue weighted by molar-refractivity contribution is 6.03. The minimum atomic E-state index is 0.526. The van der Waals surface area contributed by atoms with Crippen LogP contribution in [0.5, 0.6) is 0 Å². The van der Waals surface area contributed by atoms with Crippen molar-refractivity contribution in [3.63, 3.8) is 0 Å². The van der Waals surface area contributed by atoms with E-state index in [1.165, 1.54) is 0 Å². The van der Waals surface area contributed by atoms with Crippen molar-refractivity contribution in [1.82, 2.24) is 20.2 Å². The van der Waals surface area contributed by atoms with Gasteiger partial charge in [-0.15, -0.1) is 0 Å². The first-order valence-electron chi connectivity index (χ1n) is 12.4. The summed E-state index contributed by atoms with van der Waals surface area (Å²) in [5.41, 5.74) is 19.1. The zero-order valence-electron chi connectivity index (χ0n) is 22.0. The first-order valence-corrected chi connectivity index (χ1v) is 12.4. The number of hydrogen-bond acceptors (Lipinski definition) is 5. The fourth-order valence-corrected chi connectivity index (χ4v) is 4.51. The summed E-state index contributed by atoms with van der Waals surface area (Å²) >= 11 is 0. The van der Waals surface area contributed by atoms with Gasteiger partial charge in [-0.25, -0.2) is 9.97 Å². The van der Waals surface area contributed by atoms with Crippen LogP contribution in [0.15, 0.2) is 54.1 Å². The number of pyridine rings is 2. The maximum absolute atomic E-state index is 8.15. The molecule has 6 heteroatoms. The van der Waals surface area contributed by atoms with Gasteiger partial charge in [0.15, 0.2) is 0 Å². The Labute approximate surface area is 213 Å². The second-order valence-electron chi connectivity index (χ2n) is 9.19. The zero-order chi connectivity index (χ0) is 26.0. The van der Waals surface area contributed by atoms with Crippen LogP contribution < -0.4 is 5.73 Å². The lowest BCUT2D eigenvalue weighted by Crippen LogP contribution is -2.08. The molecule has 1 aromatic carbocycles. The summed E-state index contributed by atoms with van der Waals surface area (Å²) in [6.45, 7) is 12.2. The third-order valence-electron chi connectivity index (χ3n) is 6.81. The van der Waals surface area contributed by atoms with Gasteiger partial charge in [0.05, 0.1) is 39.9 Å². The highest BCUT2D eigenvalue weighted by Gasteiger charge is 2.15. The number of allylic oxidation sites excluding steroid dienone is 1. The Kier molecular flexibility index (Phi) is 7.15. The van der Waals surface area contributed by atoms with E-state index in [1.54, 1.807) is 0 Å². The zero-order valence-corrected chi connectivity index (χ0v) is 22.0. The van der Waals surface area contributed by atoms with Gasteiger partial charge in [-0.2, -0.15) is 5.10 Å². The molecular weight excluding hydrogens is 444 g/mol. The number of rotatable bonds is 7. The van der Waals surface area contributed by atoms with Crippen molar-refractivity contribution in [2.24, 2.45) is 5.73 Å². The molecule has 0 atom stereocenters. The highest BCUT2D eigenvalue weighted by Crippen LogP contribution is 2.32. The van der Waals surface area contributed by atoms with E-state index in [-0.39, 0.29) is 0 Å². The summed E-state index contributed by atoms with van der Waals surface area (Å²) < 4.78 is 0. The van der Waals surface area contributed by atoms with Gasteiger partial charge < -0.3 is 11.1 Å². The number of hydrogen-bond donors (Lipinski definition) is 3. The smallest absolute Gasteiger partial charge is 0.0890 e. The summed E-state index contributed by atoms with van der Waals surface area (Å²) in [5, 5.41) is 15.8. The Balaban J connectivity index is 1.79. The number of nitrogens with two attached hydrogens (primary N) is 1. The predicted molar refractivity (Wildman–Crippen MR) is 149 cm³/mol. The van der Waals surface area contributed by atoms with Gasteiger partial charge in [-0.05, 0) is 93.1 Å². The monoisotopic (exact) mass is 478 g/mol. The lowest BCUT2D eigenvalue weighted by Gasteiger charge is -2.14. The molecule has 36 heavy (non-hydrogen) atoms. The van der Waals surface area contributed by atoms with E-state index < -0.39 is 0 Å². The maximum atomic E-state index is 8.15. The van der Waals surface area contributed by atoms with Gasteiger partial charge in [-0.1, -0.05) is 32.0 Å². The average Bonchev–Trinajstić information content (AvgIpc) is 3.27. The molecule has 3 heterocycles. The number of H-pyrrole nitrogens is 1. The van der Waals surface area contributed by atoms with Gasteiger partial charge in [0.1, 0.15) is 0 Å². The summed E-state index contributed by atoms with van der Waals surface area (Å²) in [5.74, 6) is 0. The van der Waals surface area contributed by atoms with Gasteiger partial charge in [0, 0.05) is 16.8 Å². The van der Waals surface area contributed by atoms with Crippen molar-refractivity contribution < 1.29 is 0 Å². The number of benzene rings is 1. The topological polar surface area (TPSA) is 104 Å². The van der Waals surface area contributed by atoms with Crippen molar-refractivity contribution in [3.8, 4) is 33.9 Å². The molecule has 4 rings (SSSR count). The third kappa shape index (κ3) is 4.71. The van der Waals surface area contributed by atoms with Gasteiger partial charge in [-0.3, -0.25) is 5.10 Å². The Morgan fingerprint density at radius 2 is 1.50 bits per heavy atom. The summed E-state index contributed by atoms with van der Waals surface area (Å²) in [4.78, 5) is 9.88. The Hall–Kier alpha value is -4.06. The molecule has 3 aromatic heterocycles. The standard InChI is InChI=1S/C30H34N6/c1-7-23(31)19(5)29(32)27-13-9-11-25(33-27)21-16-22(18(4)15-17(21)3)26-12-10-14-28(34-26)30-20(6)24(8-2)35-36-30/h9-16,31H,7-8,32H2,1-6H3,(H,35,36)/b29-19-,31-23?. The molecule has 4 N–H and O–H groups in total. The molecule has 0 spiro atoms. The first-order chi connectivity index (χ1) is 17.2. The van der Waals surface area contributed by atoms with Crippen LogP contribution in [-0.4, -0.2) is 25.9 Å². The van der Waals surface area contributed by atoms with Crippen LogP contribution in [0.25, 0.3) is 39.6 Å². The molecule has 4 aromatic rings. The largest absolute Gasteiger partial charge is 0.397 e. The molecule has 0 aliphatic heterocycles. The minimum absolute atomic E-state index is 0.526. The molecule has 0 radical (unpaired) electrons. The van der Waals surface area contributed by atoms with Crippen LogP contribution in [0.1, 0.15) is 55.3 Å². The molecule has 6 nitrogen and oxygen atoms in total. The fourth-order valence-electron chi connectivity index (χ4n) is 4.51. The van der Waals surface area contributed by atoms with Gasteiger partial charge in [0.2, 0.25) is 0 Å². The maximum Gasteiger partial charge on any atom is 0.0890 e. The molecule has 0 bridgehead atoms. The number of aromatic nitrogens is 4. The van der Waals surface area contributed by atoms with E-state index in [2.05, 4.69) is 50.0 Å².